The maximum absolute atomic E-state index is 14.6. The minimum absolute atomic E-state index is 0.0362. The van der Waals surface area contributed by atoms with Crippen LogP contribution >= 0.6 is 0 Å². The zero-order chi connectivity index (χ0) is 33.3. The first-order valence-electron chi connectivity index (χ1n) is 15.2. The Morgan fingerprint density at radius 2 is 1.40 bits per heavy atom. The van der Waals surface area contributed by atoms with Gasteiger partial charge in [-0.05, 0) is 122 Å². The molecule has 2 fully saturated rings. The standard InChI is InChI=1S/C35H34F3N3O5S/c36-35(37,38)46-28-9-7-26(8-10-28)45-27-11-13-29(14-12-27)47(43,44)34(17-16-33(23-34)18-20-40-21-19-33)32(42)41-31-22-25(6-15-30(31)39)24-4-2-1-3-5-24/h1-15,22,40H,16-21,23,39H2,(H,41,42). The van der Waals surface area contributed by atoms with Gasteiger partial charge in [0.25, 0.3) is 0 Å². The molecule has 0 radical (unpaired) electrons. The smallest absolute Gasteiger partial charge is 0.457 e. The van der Waals surface area contributed by atoms with Gasteiger partial charge in [-0.1, -0.05) is 36.4 Å². The molecule has 1 aliphatic heterocycles. The van der Waals surface area contributed by atoms with Gasteiger partial charge in [0, 0.05) is 0 Å². The van der Waals surface area contributed by atoms with Crippen LogP contribution in [0.25, 0.3) is 11.1 Å². The number of alkyl halides is 3. The van der Waals surface area contributed by atoms with Crippen LogP contribution in [0.2, 0.25) is 0 Å². The van der Waals surface area contributed by atoms with Crippen molar-refractivity contribution in [2.45, 2.75) is 48.1 Å². The number of nitrogens with one attached hydrogen (secondary N) is 2. The van der Waals surface area contributed by atoms with E-state index in [9.17, 15) is 26.4 Å². The Bertz CT molecular complexity index is 1840. The summed E-state index contributed by atoms with van der Waals surface area (Å²) in [4.78, 5) is 14.3. The number of anilines is 2. The minimum atomic E-state index is -4.82. The molecule has 1 spiro atoms. The van der Waals surface area contributed by atoms with Gasteiger partial charge in [-0.2, -0.15) is 0 Å². The van der Waals surface area contributed by atoms with E-state index in [1.165, 1.54) is 36.4 Å². The largest absolute Gasteiger partial charge is 0.573 e. The van der Waals surface area contributed by atoms with Gasteiger partial charge >= 0.3 is 6.36 Å². The Kier molecular flexibility index (Phi) is 8.66. The quantitative estimate of drug-likeness (QED) is 0.169. The molecular weight excluding hydrogens is 631 g/mol. The van der Waals surface area contributed by atoms with Crippen molar-refractivity contribution in [3.63, 3.8) is 0 Å². The Morgan fingerprint density at radius 1 is 0.787 bits per heavy atom. The first-order valence-corrected chi connectivity index (χ1v) is 16.7. The fraction of sp³-hybridized carbons (Fsp3) is 0.286. The second-order valence-electron chi connectivity index (χ2n) is 12.1. The van der Waals surface area contributed by atoms with Crippen molar-refractivity contribution in [3.05, 3.63) is 97.1 Å². The highest BCUT2D eigenvalue weighted by atomic mass is 32.2. The Morgan fingerprint density at radius 3 is 2.04 bits per heavy atom. The number of carbonyl (C=O) groups is 1. The summed E-state index contributed by atoms with van der Waals surface area (Å²) < 4.78 is 74.4. The molecular formula is C35H34F3N3O5S. The van der Waals surface area contributed by atoms with E-state index in [-0.39, 0.29) is 34.7 Å². The zero-order valence-electron chi connectivity index (χ0n) is 25.3. The van der Waals surface area contributed by atoms with Crippen molar-refractivity contribution in [2.75, 3.05) is 24.1 Å². The van der Waals surface area contributed by atoms with E-state index in [0.29, 0.717) is 17.8 Å². The SMILES string of the molecule is Nc1ccc(-c2ccccc2)cc1NC(=O)C1(S(=O)(=O)c2ccc(Oc3ccc(OC(F)(F)F)cc3)cc2)CCC2(CCNCC2)C1. The normalized spacial score (nSPS) is 19.3. The fourth-order valence-electron chi connectivity index (χ4n) is 6.65. The number of amides is 1. The number of carbonyl (C=O) groups excluding carboxylic acids is 1. The van der Waals surface area contributed by atoms with Crippen LogP contribution in [-0.2, 0) is 14.6 Å². The van der Waals surface area contributed by atoms with Crippen molar-refractivity contribution in [1.29, 1.82) is 0 Å². The van der Waals surface area contributed by atoms with E-state index in [0.717, 1.165) is 49.2 Å². The molecule has 1 atom stereocenters. The predicted molar refractivity (Wildman–Crippen MR) is 173 cm³/mol. The van der Waals surface area contributed by atoms with Crippen LogP contribution in [0.1, 0.15) is 32.1 Å². The fourth-order valence-corrected chi connectivity index (χ4v) is 8.76. The van der Waals surface area contributed by atoms with E-state index >= 15 is 0 Å². The number of sulfone groups is 1. The number of halogens is 3. The van der Waals surface area contributed by atoms with Crippen LogP contribution < -0.4 is 25.8 Å². The van der Waals surface area contributed by atoms with Gasteiger partial charge in [-0.25, -0.2) is 8.42 Å². The Balaban J connectivity index is 1.28. The molecule has 6 rings (SSSR count). The number of hydrogen-bond donors (Lipinski definition) is 3. The van der Waals surface area contributed by atoms with E-state index in [1.807, 2.05) is 36.4 Å². The van der Waals surface area contributed by atoms with Crippen LogP contribution in [0.15, 0.2) is 102 Å². The first-order chi connectivity index (χ1) is 22.4. The highest BCUT2D eigenvalue weighted by Crippen LogP contribution is 2.54. The van der Waals surface area contributed by atoms with Crippen LogP contribution in [0.5, 0.6) is 17.2 Å². The third-order valence-electron chi connectivity index (χ3n) is 9.15. The lowest BCUT2D eigenvalue weighted by atomic mass is 9.77. The average molecular weight is 666 g/mol. The molecule has 4 aromatic rings. The highest BCUT2D eigenvalue weighted by Gasteiger charge is 2.60. The maximum Gasteiger partial charge on any atom is 0.573 e. The highest BCUT2D eigenvalue weighted by molar-refractivity contribution is 7.93. The summed E-state index contributed by atoms with van der Waals surface area (Å²) in [5, 5.41) is 6.23. The van der Waals surface area contributed by atoms with Crippen LogP contribution in [0.4, 0.5) is 24.5 Å². The summed E-state index contributed by atoms with van der Waals surface area (Å²) >= 11 is 0. The lowest BCUT2D eigenvalue weighted by molar-refractivity contribution is -0.274. The number of nitrogen functional groups attached to an aromatic ring is 1. The Labute approximate surface area is 271 Å². The predicted octanol–water partition coefficient (Wildman–Crippen LogP) is 7.33. The number of piperidine rings is 1. The molecule has 246 valence electrons. The lowest BCUT2D eigenvalue weighted by Gasteiger charge is -2.36. The molecule has 2 aliphatic rings. The molecule has 0 aromatic heterocycles. The molecule has 1 amide bonds. The second kappa shape index (κ2) is 12.6. The van der Waals surface area contributed by atoms with Crippen molar-refractivity contribution in [2.24, 2.45) is 5.41 Å². The van der Waals surface area contributed by atoms with Crippen LogP contribution in [0, 0.1) is 5.41 Å². The third-order valence-corrected chi connectivity index (χ3v) is 11.6. The van der Waals surface area contributed by atoms with Crippen molar-refractivity contribution < 1.29 is 35.9 Å². The molecule has 47 heavy (non-hydrogen) atoms. The summed E-state index contributed by atoms with van der Waals surface area (Å²) in [7, 11) is -4.23. The lowest BCUT2D eigenvalue weighted by Crippen LogP contribution is -2.49. The summed E-state index contributed by atoms with van der Waals surface area (Å²) in [6, 6.07) is 25.4. The second-order valence-corrected chi connectivity index (χ2v) is 14.4. The van der Waals surface area contributed by atoms with Gasteiger partial charge < -0.3 is 25.8 Å². The van der Waals surface area contributed by atoms with Crippen LogP contribution in [0.3, 0.4) is 0 Å². The summed E-state index contributed by atoms with van der Waals surface area (Å²) in [6.07, 6.45) is -2.35. The molecule has 1 aliphatic carbocycles. The summed E-state index contributed by atoms with van der Waals surface area (Å²) in [6.45, 7) is 1.50. The van der Waals surface area contributed by atoms with Gasteiger partial charge in [-0.15, -0.1) is 13.2 Å². The van der Waals surface area contributed by atoms with E-state index in [4.69, 9.17) is 10.5 Å². The first kappa shape index (κ1) is 32.4. The number of rotatable bonds is 8. The minimum Gasteiger partial charge on any atom is -0.457 e. The topological polar surface area (TPSA) is 120 Å². The molecule has 1 saturated carbocycles. The molecule has 4 N–H and O–H groups in total. The van der Waals surface area contributed by atoms with Gasteiger partial charge in [0.2, 0.25) is 5.91 Å². The third kappa shape index (κ3) is 6.79. The number of benzene rings is 4. The zero-order valence-corrected chi connectivity index (χ0v) is 26.2. The van der Waals surface area contributed by atoms with Gasteiger partial charge in [0.15, 0.2) is 14.6 Å². The van der Waals surface area contributed by atoms with Gasteiger partial charge in [0.1, 0.15) is 17.2 Å². The maximum atomic E-state index is 14.6. The summed E-state index contributed by atoms with van der Waals surface area (Å²) in [5.74, 6) is -0.526. The van der Waals surface area contributed by atoms with Crippen molar-refractivity contribution in [3.8, 4) is 28.4 Å². The molecule has 4 aromatic carbocycles. The molecule has 0 bridgehead atoms. The summed E-state index contributed by atoms with van der Waals surface area (Å²) in [5.41, 5.74) is 8.40. The van der Waals surface area contributed by atoms with E-state index in [2.05, 4.69) is 15.4 Å². The van der Waals surface area contributed by atoms with E-state index in [1.54, 1.807) is 12.1 Å². The number of hydrogen-bond acceptors (Lipinski definition) is 7. The average Bonchev–Trinajstić information content (AvgIpc) is 3.43. The molecule has 12 heteroatoms. The molecule has 8 nitrogen and oxygen atoms in total. The number of nitrogens with two attached hydrogens (primary N) is 1. The number of ether oxygens (including phenoxy) is 2. The van der Waals surface area contributed by atoms with Gasteiger partial charge in [-0.3, -0.25) is 4.79 Å². The van der Waals surface area contributed by atoms with E-state index < -0.39 is 32.6 Å². The molecule has 1 heterocycles. The molecule has 1 saturated heterocycles. The monoisotopic (exact) mass is 665 g/mol. The van der Waals surface area contributed by atoms with Gasteiger partial charge in [0.05, 0.1) is 16.3 Å². The van der Waals surface area contributed by atoms with Crippen molar-refractivity contribution >= 4 is 27.1 Å². The Hall–Kier alpha value is -4.55. The van der Waals surface area contributed by atoms with Crippen LogP contribution in [-0.4, -0.2) is 38.5 Å². The van der Waals surface area contributed by atoms with Crippen molar-refractivity contribution in [1.82, 2.24) is 5.32 Å². The molecule has 1 unspecified atom stereocenters.